The fourth-order valence-corrected chi connectivity index (χ4v) is 10.8. The van der Waals surface area contributed by atoms with Crippen molar-refractivity contribution in [3.63, 3.8) is 0 Å². The number of pyridine rings is 1. The van der Waals surface area contributed by atoms with E-state index in [4.69, 9.17) is 50.7 Å². The van der Waals surface area contributed by atoms with Crippen LogP contribution in [0.5, 0.6) is 11.8 Å². The number of carbonyl (C=O) groups is 3. The van der Waals surface area contributed by atoms with Gasteiger partial charge in [-0.15, -0.1) is 0 Å². The minimum atomic E-state index is -4.87. The first-order valence-electron chi connectivity index (χ1n) is 24.9. The number of hydrogen-bond acceptors (Lipinski definition) is 16. The molecule has 3 unspecified atom stereocenters. The number of halogens is 5. The summed E-state index contributed by atoms with van der Waals surface area (Å²) in [5.41, 5.74) is 4.27. The number of amides is 3. The van der Waals surface area contributed by atoms with Gasteiger partial charge in [0, 0.05) is 67.3 Å². The Bertz CT molecular complexity index is 2660. The van der Waals surface area contributed by atoms with E-state index in [0.717, 1.165) is 51.3 Å². The van der Waals surface area contributed by atoms with Crippen molar-refractivity contribution in [3.8, 4) is 23.0 Å². The Kier molecular flexibility index (Phi) is 16.8. The van der Waals surface area contributed by atoms with Gasteiger partial charge in [-0.05, 0) is 81.8 Å². The number of alkyl halides is 3. The van der Waals surface area contributed by atoms with Crippen LogP contribution < -0.4 is 30.7 Å². The van der Waals surface area contributed by atoms with Gasteiger partial charge in [-0.1, -0.05) is 17.7 Å². The van der Waals surface area contributed by atoms with Gasteiger partial charge in [0.2, 0.25) is 11.8 Å². The lowest BCUT2D eigenvalue weighted by molar-refractivity contribution is -0.138. The molecule has 23 heteroatoms. The van der Waals surface area contributed by atoms with Crippen molar-refractivity contribution >= 4 is 51.9 Å². The minimum Gasteiger partial charge on any atom is -0.491 e. The monoisotopic (exact) mass is 1040 g/mol. The van der Waals surface area contributed by atoms with Gasteiger partial charge in [-0.25, -0.2) is 9.37 Å². The topological polar surface area (TPSA) is 205 Å². The van der Waals surface area contributed by atoms with Crippen molar-refractivity contribution in [2.75, 3.05) is 103 Å². The van der Waals surface area contributed by atoms with Gasteiger partial charge in [0.15, 0.2) is 5.82 Å². The number of anilines is 2. The number of hydrogen-bond donors (Lipinski definition) is 3. The van der Waals surface area contributed by atoms with Gasteiger partial charge in [0.25, 0.3) is 5.91 Å². The second kappa shape index (κ2) is 23.4. The molecule has 0 aliphatic carbocycles. The lowest BCUT2D eigenvalue weighted by Crippen LogP contribution is -2.52. The molecule has 394 valence electrons. The Labute approximate surface area is 424 Å². The third kappa shape index (κ3) is 12.2. The average molecular weight is 1040 g/mol. The molecular formula is C50H60ClF4N9O9. The molecular weight excluding hydrogens is 982 g/mol. The minimum absolute atomic E-state index is 0.0316. The zero-order chi connectivity index (χ0) is 51.2. The molecule has 5 aliphatic rings. The number of fused-ring (bicyclic) bond motifs is 4. The lowest BCUT2D eigenvalue weighted by atomic mass is 9.99. The zero-order valence-corrected chi connectivity index (χ0v) is 41.3. The number of nitrogens with two attached hydrogens (primary N) is 1. The maximum absolute atomic E-state index is 16.9. The van der Waals surface area contributed by atoms with Crippen LogP contribution in [0.15, 0.2) is 30.3 Å². The number of aromatic nitrogens is 3. The molecule has 7 heterocycles. The first-order chi connectivity index (χ1) is 35.2. The van der Waals surface area contributed by atoms with E-state index in [2.05, 4.69) is 25.5 Å². The molecule has 4 saturated heterocycles. The van der Waals surface area contributed by atoms with E-state index >= 15 is 4.39 Å². The van der Waals surface area contributed by atoms with Crippen molar-refractivity contribution in [2.24, 2.45) is 0 Å². The normalized spacial score (nSPS) is 21.2. The van der Waals surface area contributed by atoms with Crippen LogP contribution in [0, 0.1) is 12.7 Å². The number of aryl methyl sites for hydroxylation is 1. The molecule has 4 atom stereocenters. The maximum Gasteiger partial charge on any atom is 0.418 e. The molecule has 0 saturated carbocycles. The third-order valence-corrected chi connectivity index (χ3v) is 14.2. The first kappa shape index (κ1) is 52.4. The first-order valence-corrected chi connectivity index (χ1v) is 25.2. The van der Waals surface area contributed by atoms with Gasteiger partial charge in [-0.2, -0.15) is 23.1 Å². The molecule has 2 bridgehead atoms. The molecule has 73 heavy (non-hydrogen) atoms. The number of nitrogens with one attached hydrogen (secondary N) is 2. The number of piperidine rings is 1. The summed E-state index contributed by atoms with van der Waals surface area (Å²) in [4.78, 5) is 56.1. The van der Waals surface area contributed by atoms with Gasteiger partial charge in [-0.3, -0.25) is 24.6 Å². The summed E-state index contributed by atoms with van der Waals surface area (Å²) in [5, 5.41) is 5.88. The van der Waals surface area contributed by atoms with Crippen LogP contribution in [0.25, 0.3) is 22.2 Å². The predicted octanol–water partition coefficient (Wildman–Crippen LogP) is 5.47. The highest BCUT2D eigenvalue weighted by atomic mass is 35.5. The molecule has 0 spiro atoms. The summed E-state index contributed by atoms with van der Waals surface area (Å²) in [6.45, 7) is 7.96. The average Bonchev–Trinajstić information content (AvgIpc) is 4.05. The molecule has 5 aliphatic heterocycles. The van der Waals surface area contributed by atoms with Crippen LogP contribution in [0.4, 0.5) is 29.2 Å². The molecule has 4 N–H and O–H groups in total. The van der Waals surface area contributed by atoms with E-state index in [1.165, 1.54) is 17.9 Å². The summed E-state index contributed by atoms with van der Waals surface area (Å²) in [6.07, 6.45) is 0.155. The fourth-order valence-electron chi connectivity index (χ4n) is 10.5. The molecule has 9 rings (SSSR count). The van der Waals surface area contributed by atoms with Crippen molar-refractivity contribution in [1.82, 2.24) is 35.4 Å². The molecule has 18 nitrogen and oxygen atoms in total. The Morgan fingerprint density at radius 2 is 1.56 bits per heavy atom. The Balaban J connectivity index is 0.678. The fraction of sp³-hybridized carbons (Fsp3) is 0.560. The van der Waals surface area contributed by atoms with E-state index in [0.29, 0.717) is 95.1 Å². The molecule has 3 amide bonds. The number of likely N-dealkylation sites (tertiary alicyclic amines) is 1. The van der Waals surface area contributed by atoms with Crippen molar-refractivity contribution in [2.45, 2.75) is 88.8 Å². The maximum atomic E-state index is 16.9. The van der Waals surface area contributed by atoms with Gasteiger partial charge in [0.1, 0.15) is 42.2 Å². The van der Waals surface area contributed by atoms with Crippen molar-refractivity contribution in [1.29, 1.82) is 0 Å². The highest BCUT2D eigenvalue weighted by Crippen LogP contribution is 2.45. The highest BCUT2D eigenvalue weighted by Gasteiger charge is 2.42. The van der Waals surface area contributed by atoms with Crippen LogP contribution in [0.2, 0.25) is 5.02 Å². The number of benzene rings is 2. The number of piperazine rings is 1. The van der Waals surface area contributed by atoms with E-state index in [1.54, 1.807) is 18.2 Å². The number of imide groups is 1. The zero-order valence-electron chi connectivity index (χ0n) is 40.6. The molecule has 4 fully saturated rings. The Hall–Kier alpha value is -5.49. The van der Waals surface area contributed by atoms with Crippen molar-refractivity contribution < 1.29 is 60.4 Å². The molecule has 0 radical (unpaired) electrons. The predicted molar refractivity (Wildman–Crippen MR) is 260 cm³/mol. The van der Waals surface area contributed by atoms with Gasteiger partial charge < -0.3 is 49.3 Å². The van der Waals surface area contributed by atoms with Crippen LogP contribution in [-0.4, -0.2) is 159 Å². The van der Waals surface area contributed by atoms with Crippen LogP contribution in [-0.2, 0) is 41.3 Å². The third-order valence-electron chi connectivity index (χ3n) is 13.9. The number of nitrogen functional groups attached to an aromatic ring is 1. The summed E-state index contributed by atoms with van der Waals surface area (Å²) < 4.78 is 95.0. The number of rotatable bonds is 23. The largest absolute Gasteiger partial charge is 0.491 e. The summed E-state index contributed by atoms with van der Waals surface area (Å²) in [5.74, 6) is -1.37. The Morgan fingerprint density at radius 1 is 0.863 bits per heavy atom. The SMILES string of the molecule is Cc1cc(N)nc(-c2c(Cl)cc3c(N4CC5CCC(C4)N5)nc(OC[C@@H]4CCCN4CCCOCCOCCOCCOCCOc4cccc5c4CN(C4CCC(=O)NC4=O)C5=O)nc3c2F)c1C(F)(F)F. The second-order valence-electron chi connectivity index (χ2n) is 18.9. The molecule has 2 aromatic carbocycles. The van der Waals surface area contributed by atoms with Crippen molar-refractivity contribution in [3.05, 3.63) is 63.4 Å². The lowest BCUT2D eigenvalue weighted by Gasteiger charge is -2.34. The molecule has 4 aromatic rings. The molecule has 2 aromatic heterocycles. The summed E-state index contributed by atoms with van der Waals surface area (Å²) in [6, 6.07) is 7.39. The van der Waals surface area contributed by atoms with Crippen LogP contribution in [0.3, 0.4) is 0 Å². The summed E-state index contributed by atoms with van der Waals surface area (Å²) >= 11 is 6.66. The van der Waals surface area contributed by atoms with Gasteiger partial charge in [0.05, 0.1) is 74.6 Å². The van der Waals surface area contributed by atoms with E-state index in [1.807, 2.05) is 4.90 Å². The van der Waals surface area contributed by atoms with E-state index in [9.17, 15) is 27.6 Å². The number of carbonyl (C=O) groups excluding carboxylic acids is 3. The summed E-state index contributed by atoms with van der Waals surface area (Å²) in [7, 11) is 0. The Morgan fingerprint density at radius 3 is 2.26 bits per heavy atom. The number of ether oxygens (including phenoxy) is 6. The smallest absolute Gasteiger partial charge is 0.418 e. The van der Waals surface area contributed by atoms with Crippen LogP contribution >= 0.6 is 11.6 Å². The second-order valence-corrected chi connectivity index (χ2v) is 19.3. The quantitative estimate of drug-likeness (QED) is 0.0479. The van der Waals surface area contributed by atoms with E-state index in [-0.39, 0.29) is 89.4 Å². The van der Waals surface area contributed by atoms with Gasteiger partial charge >= 0.3 is 12.2 Å². The van der Waals surface area contributed by atoms with Crippen LogP contribution in [0.1, 0.15) is 72.0 Å². The standard InChI is InChI=1S/C50H60ClF4N9O9/c1-29-23-39(56)58-45(42(29)50(53,54)55)41-36(51)24-34-44(43(41)52)60-49(61-46(34)63-25-30-8-9-31(26-63)57-30)73-28-32-5-3-12-62(32)13-4-14-68-15-16-69-17-18-70-19-20-71-21-22-72-38-7-2-6-33-35(38)27-64(48(33)67)37-10-11-40(65)59-47(37)66/h2,6-7,23-24,30-32,37,57H,3-5,8-22,25-28H2,1H3,(H2,56,58)(H,59,65,66)/t30?,31?,32-,37?/m0/s1. The number of nitrogens with zero attached hydrogens (tertiary/aromatic N) is 6. The van der Waals surface area contributed by atoms with E-state index < -0.39 is 40.8 Å². The highest BCUT2D eigenvalue weighted by molar-refractivity contribution is 6.34.